The largest absolute Gasteiger partial charge is 0.493 e. The summed E-state index contributed by atoms with van der Waals surface area (Å²) < 4.78 is 16.2. The summed E-state index contributed by atoms with van der Waals surface area (Å²) >= 11 is 0. The van der Waals surface area contributed by atoms with E-state index >= 15 is 0 Å². The van der Waals surface area contributed by atoms with Gasteiger partial charge in [-0.25, -0.2) is 0 Å². The van der Waals surface area contributed by atoms with Crippen LogP contribution in [0.2, 0.25) is 0 Å². The predicted octanol–water partition coefficient (Wildman–Crippen LogP) is 2.40. The Morgan fingerprint density at radius 2 is 2.05 bits per heavy atom. The lowest BCUT2D eigenvalue weighted by atomic mass is 10.0. The first-order chi connectivity index (χ1) is 9.63. The highest BCUT2D eigenvalue weighted by Gasteiger charge is 2.25. The molecule has 4 nitrogen and oxygen atoms in total. The summed E-state index contributed by atoms with van der Waals surface area (Å²) in [4.78, 5) is 0. The lowest BCUT2D eigenvalue weighted by Gasteiger charge is -2.22. The van der Waals surface area contributed by atoms with Crippen molar-refractivity contribution in [3.8, 4) is 11.5 Å². The van der Waals surface area contributed by atoms with Crippen LogP contribution in [0.15, 0.2) is 18.2 Å². The number of benzene rings is 1. The van der Waals surface area contributed by atoms with Crippen molar-refractivity contribution in [2.24, 2.45) is 0 Å². The molecule has 20 heavy (non-hydrogen) atoms. The molecular weight excluding hydrogens is 254 g/mol. The van der Waals surface area contributed by atoms with Crippen LogP contribution < -0.4 is 14.8 Å². The molecule has 0 spiro atoms. The normalized spacial score (nSPS) is 23.6. The van der Waals surface area contributed by atoms with Crippen LogP contribution in [0.3, 0.4) is 0 Å². The topological polar surface area (TPSA) is 39.7 Å². The van der Waals surface area contributed by atoms with Gasteiger partial charge in [-0.3, -0.25) is 0 Å². The van der Waals surface area contributed by atoms with E-state index in [0.717, 1.165) is 30.9 Å². The zero-order chi connectivity index (χ0) is 14.5. The number of hydrogen-bond acceptors (Lipinski definition) is 4. The quantitative estimate of drug-likeness (QED) is 0.868. The Balaban J connectivity index is 1.95. The highest BCUT2D eigenvalue weighted by molar-refractivity contribution is 5.43. The maximum atomic E-state index is 5.58. The summed E-state index contributed by atoms with van der Waals surface area (Å²) in [5, 5.41) is 3.65. The van der Waals surface area contributed by atoms with Gasteiger partial charge in [-0.1, -0.05) is 6.07 Å². The number of hydrogen-bond donors (Lipinski definition) is 1. The van der Waals surface area contributed by atoms with E-state index in [-0.39, 0.29) is 0 Å². The number of rotatable bonds is 6. The smallest absolute Gasteiger partial charge is 0.160 e. The molecule has 1 aromatic rings. The molecule has 4 heteroatoms. The summed E-state index contributed by atoms with van der Waals surface area (Å²) in [5.74, 6) is 1.56. The zero-order valence-electron chi connectivity index (χ0n) is 12.8. The summed E-state index contributed by atoms with van der Waals surface area (Å²) in [5.41, 5.74) is 1.24. The van der Waals surface area contributed by atoms with E-state index in [0.29, 0.717) is 18.2 Å². The summed E-state index contributed by atoms with van der Waals surface area (Å²) in [6.07, 6.45) is 2.36. The van der Waals surface area contributed by atoms with E-state index in [2.05, 4.69) is 25.2 Å². The molecule has 112 valence electrons. The molecule has 0 aromatic heterocycles. The van der Waals surface area contributed by atoms with Crippen molar-refractivity contribution in [3.63, 3.8) is 0 Å². The average molecular weight is 279 g/mol. The Labute approximate surface area is 121 Å². The molecular formula is C16H25NO3. The third-order valence-corrected chi connectivity index (χ3v) is 3.86. The SMILES string of the molecule is COc1ccc(CC(C)NC2CCOC2C)cc1OC. The van der Waals surface area contributed by atoms with E-state index in [1.807, 2.05) is 12.1 Å². The minimum atomic E-state index is 0.308. The fraction of sp³-hybridized carbons (Fsp3) is 0.625. The fourth-order valence-corrected chi connectivity index (χ4v) is 2.74. The second-order valence-corrected chi connectivity index (χ2v) is 5.43. The van der Waals surface area contributed by atoms with Crippen LogP contribution in [0.4, 0.5) is 0 Å². The zero-order valence-corrected chi connectivity index (χ0v) is 12.8. The Morgan fingerprint density at radius 1 is 1.30 bits per heavy atom. The van der Waals surface area contributed by atoms with Crippen molar-refractivity contribution in [3.05, 3.63) is 23.8 Å². The van der Waals surface area contributed by atoms with Crippen molar-refractivity contribution in [1.29, 1.82) is 0 Å². The van der Waals surface area contributed by atoms with E-state index in [1.165, 1.54) is 5.56 Å². The van der Waals surface area contributed by atoms with Gasteiger partial charge in [0.15, 0.2) is 11.5 Å². The van der Waals surface area contributed by atoms with Gasteiger partial charge >= 0.3 is 0 Å². The molecule has 1 heterocycles. The van der Waals surface area contributed by atoms with Gasteiger partial charge in [-0.15, -0.1) is 0 Å². The third-order valence-electron chi connectivity index (χ3n) is 3.86. The number of ether oxygens (including phenoxy) is 3. The van der Waals surface area contributed by atoms with Crippen molar-refractivity contribution in [1.82, 2.24) is 5.32 Å². The molecule has 0 amide bonds. The van der Waals surface area contributed by atoms with Crippen LogP contribution in [-0.4, -0.2) is 39.0 Å². The van der Waals surface area contributed by atoms with Crippen LogP contribution in [0.25, 0.3) is 0 Å². The molecule has 1 fully saturated rings. The van der Waals surface area contributed by atoms with Gasteiger partial charge in [0.25, 0.3) is 0 Å². The molecule has 0 saturated carbocycles. The fourth-order valence-electron chi connectivity index (χ4n) is 2.74. The number of nitrogens with one attached hydrogen (secondary N) is 1. The highest BCUT2D eigenvalue weighted by atomic mass is 16.5. The van der Waals surface area contributed by atoms with Crippen molar-refractivity contribution >= 4 is 0 Å². The van der Waals surface area contributed by atoms with Gasteiger partial charge in [-0.2, -0.15) is 0 Å². The third kappa shape index (κ3) is 3.64. The average Bonchev–Trinajstić information content (AvgIpc) is 2.84. The van der Waals surface area contributed by atoms with Crippen LogP contribution in [-0.2, 0) is 11.2 Å². The lowest BCUT2D eigenvalue weighted by Crippen LogP contribution is -2.41. The second-order valence-electron chi connectivity index (χ2n) is 5.43. The van der Waals surface area contributed by atoms with Crippen molar-refractivity contribution in [2.75, 3.05) is 20.8 Å². The molecule has 1 saturated heterocycles. The summed E-state index contributed by atoms with van der Waals surface area (Å²) in [6, 6.07) is 6.97. The van der Waals surface area contributed by atoms with Crippen LogP contribution in [0, 0.1) is 0 Å². The van der Waals surface area contributed by atoms with Crippen LogP contribution in [0.1, 0.15) is 25.8 Å². The molecule has 2 rings (SSSR count). The molecule has 1 aromatic carbocycles. The standard InChI is InChI=1S/C16H25NO3/c1-11(17-14-7-8-20-12(14)2)9-13-5-6-15(18-3)16(10-13)19-4/h5-6,10-12,14,17H,7-9H2,1-4H3. The maximum Gasteiger partial charge on any atom is 0.160 e. The predicted molar refractivity (Wildman–Crippen MR) is 79.7 cm³/mol. The summed E-state index contributed by atoms with van der Waals surface area (Å²) in [7, 11) is 3.32. The van der Waals surface area contributed by atoms with Crippen LogP contribution >= 0.6 is 0 Å². The van der Waals surface area contributed by atoms with Crippen molar-refractivity contribution < 1.29 is 14.2 Å². The first-order valence-electron chi connectivity index (χ1n) is 7.22. The molecule has 1 N–H and O–H groups in total. The minimum Gasteiger partial charge on any atom is -0.493 e. The van der Waals surface area contributed by atoms with Gasteiger partial charge in [0.1, 0.15) is 0 Å². The molecule has 3 atom stereocenters. The molecule has 0 radical (unpaired) electrons. The molecule has 3 unspecified atom stereocenters. The minimum absolute atomic E-state index is 0.308. The monoisotopic (exact) mass is 279 g/mol. The Morgan fingerprint density at radius 3 is 2.65 bits per heavy atom. The van der Waals surface area contributed by atoms with E-state index < -0.39 is 0 Å². The Hall–Kier alpha value is -1.26. The Bertz CT molecular complexity index is 436. The Kier molecular flexibility index (Phi) is 5.26. The maximum absolute atomic E-state index is 5.58. The first-order valence-corrected chi connectivity index (χ1v) is 7.22. The van der Waals surface area contributed by atoms with Gasteiger partial charge in [0, 0.05) is 18.7 Å². The molecule has 1 aliphatic rings. The second kappa shape index (κ2) is 6.95. The van der Waals surface area contributed by atoms with Crippen molar-refractivity contribution in [2.45, 2.75) is 44.9 Å². The highest BCUT2D eigenvalue weighted by Crippen LogP contribution is 2.28. The molecule has 0 bridgehead atoms. The number of methoxy groups -OCH3 is 2. The van der Waals surface area contributed by atoms with Gasteiger partial charge in [0.2, 0.25) is 0 Å². The van der Waals surface area contributed by atoms with Crippen LogP contribution in [0.5, 0.6) is 11.5 Å². The van der Waals surface area contributed by atoms with Gasteiger partial charge < -0.3 is 19.5 Å². The van der Waals surface area contributed by atoms with E-state index in [1.54, 1.807) is 14.2 Å². The van der Waals surface area contributed by atoms with E-state index in [4.69, 9.17) is 14.2 Å². The van der Waals surface area contributed by atoms with E-state index in [9.17, 15) is 0 Å². The molecule has 0 aliphatic carbocycles. The molecule has 1 aliphatic heterocycles. The lowest BCUT2D eigenvalue weighted by molar-refractivity contribution is 0.111. The first kappa shape index (κ1) is 15.1. The summed E-state index contributed by atoms with van der Waals surface area (Å²) in [6.45, 7) is 5.21. The van der Waals surface area contributed by atoms with Gasteiger partial charge in [-0.05, 0) is 44.4 Å². The van der Waals surface area contributed by atoms with Gasteiger partial charge in [0.05, 0.1) is 20.3 Å².